The highest BCUT2D eigenvalue weighted by atomic mass is 32.1. The zero-order chi connectivity index (χ0) is 20.7. The highest BCUT2D eigenvalue weighted by Gasteiger charge is 2.16. The summed E-state index contributed by atoms with van der Waals surface area (Å²) in [7, 11) is 0. The van der Waals surface area contributed by atoms with E-state index in [-0.39, 0.29) is 23.8 Å². The maximum absolute atomic E-state index is 12.9. The standard InChI is InChI=1S/C21H18N4O3S/c1-11-7-12(2)23-20-17(11)18-19(29-20)21(28)25(10-22-18)9-16(27)24-15-6-4-5-14(8-15)13(3)26/h4-8,10H,9H2,1-3H3,(H,24,27). The summed E-state index contributed by atoms with van der Waals surface area (Å²) in [6.45, 7) is 5.17. The Labute approximate surface area is 170 Å². The number of carbonyl (C=O) groups excluding carboxylic acids is 2. The molecule has 3 aromatic heterocycles. The highest BCUT2D eigenvalue weighted by molar-refractivity contribution is 7.25. The molecule has 0 spiro atoms. The molecule has 0 aliphatic heterocycles. The Hall–Kier alpha value is -3.39. The van der Waals surface area contributed by atoms with Crippen molar-refractivity contribution in [2.75, 3.05) is 5.32 Å². The number of carbonyl (C=O) groups is 2. The Bertz CT molecular complexity index is 1350. The van der Waals surface area contributed by atoms with E-state index in [9.17, 15) is 14.4 Å². The first kappa shape index (κ1) is 18.9. The number of aryl methyl sites for hydroxylation is 2. The van der Waals surface area contributed by atoms with Crippen LogP contribution in [0.4, 0.5) is 5.69 Å². The largest absolute Gasteiger partial charge is 0.325 e. The van der Waals surface area contributed by atoms with Gasteiger partial charge in [-0.15, -0.1) is 11.3 Å². The van der Waals surface area contributed by atoms with Crippen LogP contribution in [0.1, 0.15) is 28.5 Å². The molecule has 1 aromatic carbocycles. The van der Waals surface area contributed by atoms with Crippen LogP contribution in [-0.4, -0.2) is 26.2 Å². The number of thiophene rings is 1. The summed E-state index contributed by atoms with van der Waals surface area (Å²) in [5.74, 6) is -0.462. The summed E-state index contributed by atoms with van der Waals surface area (Å²) >= 11 is 1.29. The van der Waals surface area contributed by atoms with Crippen LogP contribution >= 0.6 is 11.3 Å². The van der Waals surface area contributed by atoms with Crippen molar-refractivity contribution in [2.24, 2.45) is 0 Å². The van der Waals surface area contributed by atoms with Crippen molar-refractivity contribution in [3.05, 3.63) is 63.8 Å². The van der Waals surface area contributed by atoms with Crippen LogP contribution in [-0.2, 0) is 11.3 Å². The SMILES string of the molecule is CC(=O)c1cccc(NC(=O)Cn2cnc3c(sc4nc(C)cc(C)c43)c2=O)c1. The second-order valence-corrected chi connectivity index (χ2v) is 7.90. The minimum absolute atomic E-state index is 0.0872. The Kier molecular flexibility index (Phi) is 4.71. The molecule has 4 aromatic rings. The van der Waals surface area contributed by atoms with Gasteiger partial charge < -0.3 is 5.32 Å². The number of nitrogens with zero attached hydrogens (tertiary/aromatic N) is 3. The number of nitrogens with one attached hydrogen (secondary N) is 1. The van der Waals surface area contributed by atoms with Crippen LogP contribution in [0, 0.1) is 13.8 Å². The van der Waals surface area contributed by atoms with Crippen LogP contribution in [0.25, 0.3) is 20.4 Å². The monoisotopic (exact) mass is 406 g/mol. The molecule has 29 heavy (non-hydrogen) atoms. The predicted molar refractivity (Wildman–Crippen MR) is 114 cm³/mol. The fraction of sp³-hybridized carbons (Fsp3) is 0.190. The molecular weight excluding hydrogens is 388 g/mol. The van der Waals surface area contributed by atoms with Crippen LogP contribution < -0.4 is 10.9 Å². The minimum atomic E-state index is -0.375. The van der Waals surface area contributed by atoms with Crippen molar-refractivity contribution in [1.29, 1.82) is 0 Å². The number of rotatable bonds is 4. The van der Waals surface area contributed by atoms with Gasteiger partial charge in [-0.3, -0.25) is 19.0 Å². The van der Waals surface area contributed by atoms with Gasteiger partial charge in [-0.1, -0.05) is 12.1 Å². The maximum atomic E-state index is 12.9. The van der Waals surface area contributed by atoms with Gasteiger partial charge >= 0.3 is 0 Å². The van der Waals surface area contributed by atoms with Crippen molar-refractivity contribution >= 4 is 49.1 Å². The van der Waals surface area contributed by atoms with Crippen molar-refractivity contribution in [2.45, 2.75) is 27.3 Å². The van der Waals surface area contributed by atoms with E-state index in [0.29, 0.717) is 21.5 Å². The van der Waals surface area contributed by atoms with Gasteiger partial charge in [-0.05, 0) is 44.5 Å². The third-order valence-corrected chi connectivity index (χ3v) is 5.67. The maximum Gasteiger partial charge on any atom is 0.271 e. The molecular formula is C21H18N4O3S. The van der Waals surface area contributed by atoms with E-state index in [1.807, 2.05) is 19.9 Å². The smallest absolute Gasteiger partial charge is 0.271 e. The quantitative estimate of drug-likeness (QED) is 0.524. The van der Waals surface area contributed by atoms with E-state index >= 15 is 0 Å². The molecule has 0 unspecified atom stereocenters. The van der Waals surface area contributed by atoms with E-state index in [2.05, 4.69) is 15.3 Å². The van der Waals surface area contributed by atoms with Gasteiger partial charge in [0, 0.05) is 22.3 Å². The molecule has 146 valence electrons. The summed E-state index contributed by atoms with van der Waals surface area (Å²) in [5.41, 5.74) is 3.25. The third kappa shape index (κ3) is 3.54. The fourth-order valence-corrected chi connectivity index (χ4v) is 4.48. The van der Waals surface area contributed by atoms with Crippen LogP contribution in [0.5, 0.6) is 0 Å². The van der Waals surface area contributed by atoms with Gasteiger partial charge in [-0.2, -0.15) is 0 Å². The molecule has 8 heteroatoms. The number of hydrogen-bond acceptors (Lipinski definition) is 6. The zero-order valence-electron chi connectivity index (χ0n) is 16.1. The van der Waals surface area contributed by atoms with Gasteiger partial charge in [0.2, 0.25) is 5.91 Å². The van der Waals surface area contributed by atoms with Crippen LogP contribution in [0.3, 0.4) is 0 Å². The summed E-state index contributed by atoms with van der Waals surface area (Å²) in [5, 5.41) is 3.60. The predicted octanol–water partition coefficient (Wildman–Crippen LogP) is 3.46. The average Bonchev–Trinajstić information content (AvgIpc) is 3.03. The van der Waals surface area contributed by atoms with Crippen molar-refractivity contribution < 1.29 is 9.59 Å². The van der Waals surface area contributed by atoms with Crippen molar-refractivity contribution in [3.8, 4) is 0 Å². The van der Waals surface area contributed by atoms with Gasteiger partial charge in [0.25, 0.3) is 5.56 Å². The molecule has 0 saturated heterocycles. The van der Waals surface area contributed by atoms with Crippen molar-refractivity contribution in [1.82, 2.24) is 14.5 Å². The van der Waals surface area contributed by atoms with E-state index in [1.165, 1.54) is 29.2 Å². The lowest BCUT2D eigenvalue weighted by atomic mass is 10.1. The summed E-state index contributed by atoms with van der Waals surface area (Å²) in [6, 6.07) is 8.63. The first-order chi connectivity index (χ1) is 13.8. The Balaban J connectivity index is 1.65. The summed E-state index contributed by atoms with van der Waals surface area (Å²) in [4.78, 5) is 46.5. The molecule has 0 bridgehead atoms. The molecule has 0 fully saturated rings. The molecule has 0 saturated carbocycles. The molecule has 0 radical (unpaired) electrons. The van der Waals surface area contributed by atoms with Crippen molar-refractivity contribution in [3.63, 3.8) is 0 Å². The van der Waals surface area contributed by atoms with Gasteiger partial charge in [0.05, 0.1) is 11.8 Å². The summed E-state index contributed by atoms with van der Waals surface area (Å²) in [6.07, 6.45) is 1.39. The number of hydrogen-bond donors (Lipinski definition) is 1. The zero-order valence-corrected chi connectivity index (χ0v) is 17.0. The van der Waals surface area contributed by atoms with Gasteiger partial charge in [0.15, 0.2) is 5.78 Å². The topological polar surface area (TPSA) is 93.9 Å². The number of pyridine rings is 1. The van der Waals surface area contributed by atoms with E-state index in [0.717, 1.165) is 21.5 Å². The first-order valence-electron chi connectivity index (χ1n) is 9.00. The lowest BCUT2D eigenvalue weighted by Gasteiger charge is -2.08. The molecule has 7 nitrogen and oxygen atoms in total. The molecule has 1 N–H and O–H groups in total. The average molecular weight is 406 g/mol. The number of ketones is 1. The van der Waals surface area contributed by atoms with Gasteiger partial charge in [-0.25, -0.2) is 9.97 Å². The lowest BCUT2D eigenvalue weighted by Crippen LogP contribution is -2.27. The minimum Gasteiger partial charge on any atom is -0.325 e. The molecule has 0 atom stereocenters. The lowest BCUT2D eigenvalue weighted by molar-refractivity contribution is -0.116. The van der Waals surface area contributed by atoms with Crippen LogP contribution in [0.2, 0.25) is 0 Å². The van der Waals surface area contributed by atoms with E-state index in [4.69, 9.17) is 0 Å². The fourth-order valence-electron chi connectivity index (χ4n) is 3.29. The number of benzene rings is 1. The molecule has 3 heterocycles. The third-order valence-electron chi connectivity index (χ3n) is 4.61. The Morgan fingerprint density at radius 3 is 2.76 bits per heavy atom. The van der Waals surface area contributed by atoms with Gasteiger partial charge in [0.1, 0.15) is 16.1 Å². The second kappa shape index (κ2) is 7.21. The molecule has 0 aliphatic carbocycles. The highest BCUT2D eigenvalue weighted by Crippen LogP contribution is 2.31. The number of anilines is 1. The summed E-state index contributed by atoms with van der Waals surface area (Å²) < 4.78 is 1.76. The molecule has 1 amide bonds. The second-order valence-electron chi connectivity index (χ2n) is 6.90. The molecule has 4 rings (SSSR count). The number of amides is 1. The molecule has 0 aliphatic rings. The number of fused-ring (bicyclic) bond motifs is 3. The Morgan fingerprint density at radius 1 is 1.21 bits per heavy atom. The van der Waals surface area contributed by atoms with E-state index in [1.54, 1.807) is 24.3 Å². The number of Topliss-reactive ketones (excluding diaryl/α,β-unsaturated/α-hetero) is 1. The normalized spacial score (nSPS) is 11.1. The Morgan fingerprint density at radius 2 is 2.00 bits per heavy atom. The number of aromatic nitrogens is 3. The first-order valence-corrected chi connectivity index (χ1v) is 9.82. The van der Waals surface area contributed by atoms with Crippen LogP contribution in [0.15, 0.2) is 41.5 Å². The van der Waals surface area contributed by atoms with E-state index < -0.39 is 0 Å².